The zero-order chi connectivity index (χ0) is 12.2. The van der Waals surface area contributed by atoms with Gasteiger partial charge in [0.15, 0.2) is 0 Å². The summed E-state index contributed by atoms with van der Waals surface area (Å²) in [5.74, 6) is -0.910. The lowest BCUT2D eigenvalue weighted by molar-refractivity contribution is -0.138. The summed E-state index contributed by atoms with van der Waals surface area (Å²) in [6.45, 7) is 1.91. The Bertz CT molecular complexity index is 351. The minimum atomic E-state index is -4.56. The summed E-state index contributed by atoms with van der Waals surface area (Å²) in [7, 11) is 0. The number of benzene rings is 1. The molecule has 0 radical (unpaired) electrons. The van der Waals surface area contributed by atoms with E-state index < -0.39 is 17.6 Å². The smallest absolute Gasteiger partial charge is 0.302 e. The van der Waals surface area contributed by atoms with Crippen molar-refractivity contribution in [1.82, 2.24) is 5.48 Å². The Labute approximate surface area is 90.2 Å². The number of nitrogens with one attached hydrogen (secondary N) is 1. The molecule has 0 unspecified atom stereocenters. The molecular weight excluding hydrogens is 226 g/mol. The number of rotatable bonds is 4. The van der Waals surface area contributed by atoms with Crippen molar-refractivity contribution in [2.24, 2.45) is 0 Å². The second-order valence-corrected chi connectivity index (χ2v) is 3.05. The van der Waals surface area contributed by atoms with E-state index in [1.54, 1.807) is 6.92 Å². The van der Waals surface area contributed by atoms with Crippen LogP contribution in [0.4, 0.5) is 17.6 Å². The maximum atomic E-state index is 12.7. The molecule has 1 aromatic rings. The summed E-state index contributed by atoms with van der Waals surface area (Å²) in [5.41, 5.74) is 1.32. The molecule has 2 nitrogen and oxygen atoms in total. The van der Waals surface area contributed by atoms with Gasteiger partial charge >= 0.3 is 6.18 Å². The van der Waals surface area contributed by atoms with E-state index in [1.807, 2.05) is 0 Å². The normalized spacial score (nSPS) is 11.8. The highest BCUT2D eigenvalue weighted by Crippen LogP contribution is 2.32. The van der Waals surface area contributed by atoms with Gasteiger partial charge in [-0.3, -0.25) is 0 Å². The van der Waals surface area contributed by atoms with Crippen molar-refractivity contribution in [3.05, 3.63) is 35.1 Å². The molecule has 0 atom stereocenters. The Kier molecular flexibility index (Phi) is 4.26. The number of hydrogen-bond donors (Lipinski definition) is 1. The highest BCUT2D eigenvalue weighted by atomic mass is 19.4. The number of hydrogen-bond acceptors (Lipinski definition) is 2. The highest BCUT2D eigenvalue weighted by Gasteiger charge is 2.33. The number of alkyl halides is 3. The zero-order valence-electron chi connectivity index (χ0n) is 8.57. The van der Waals surface area contributed by atoms with Crippen molar-refractivity contribution in [2.75, 3.05) is 6.61 Å². The van der Waals surface area contributed by atoms with Gasteiger partial charge in [0, 0.05) is 6.54 Å². The van der Waals surface area contributed by atoms with Crippen molar-refractivity contribution in [3.63, 3.8) is 0 Å². The van der Waals surface area contributed by atoms with Gasteiger partial charge in [-0.1, -0.05) is 6.07 Å². The first kappa shape index (κ1) is 12.9. The molecule has 0 heterocycles. The van der Waals surface area contributed by atoms with E-state index in [1.165, 1.54) is 0 Å². The fraction of sp³-hybridized carbons (Fsp3) is 0.400. The molecule has 1 aromatic carbocycles. The maximum Gasteiger partial charge on any atom is 0.416 e. The molecule has 90 valence electrons. The molecule has 0 amide bonds. The summed E-state index contributed by atoms with van der Waals surface area (Å²) >= 11 is 0. The monoisotopic (exact) mass is 237 g/mol. The Balaban J connectivity index is 2.90. The number of halogens is 4. The van der Waals surface area contributed by atoms with Gasteiger partial charge in [-0.15, -0.1) is 0 Å². The minimum absolute atomic E-state index is 0.0534. The lowest BCUT2D eigenvalue weighted by Crippen LogP contribution is -2.18. The third-order valence-electron chi connectivity index (χ3n) is 1.89. The van der Waals surface area contributed by atoms with Gasteiger partial charge in [0.05, 0.1) is 12.2 Å². The van der Waals surface area contributed by atoms with E-state index in [9.17, 15) is 17.6 Å². The van der Waals surface area contributed by atoms with Crippen LogP contribution in [0, 0.1) is 5.82 Å². The molecule has 0 aromatic heterocycles. The summed E-state index contributed by atoms with van der Waals surface area (Å²) < 4.78 is 50.2. The summed E-state index contributed by atoms with van der Waals surface area (Å²) in [5, 5.41) is 0. The van der Waals surface area contributed by atoms with Crippen LogP contribution in [0.2, 0.25) is 0 Å². The zero-order valence-corrected chi connectivity index (χ0v) is 8.57. The Morgan fingerprint density at radius 2 is 2.00 bits per heavy atom. The predicted octanol–water partition coefficient (Wildman–Crippen LogP) is 2.89. The van der Waals surface area contributed by atoms with E-state index in [0.717, 1.165) is 12.1 Å². The molecule has 0 saturated heterocycles. The maximum absolute atomic E-state index is 12.7. The second-order valence-electron chi connectivity index (χ2n) is 3.05. The van der Waals surface area contributed by atoms with Crippen molar-refractivity contribution < 1.29 is 22.4 Å². The predicted molar refractivity (Wildman–Crippen MR) is 49.9 cm³/mol. The van der Waals surface area contributed by atoms with Crippen LogP contribution in [0.15, 0.2) is 18.2 Å². The molecule has 1 N–H and O–H groups in total. The van der Waals surface area contributed by atoms with Crippen LogP contribution in [0.5, 0.6) is 0 Å². The quantitative estimate of drug-likeness (QED) is 0.494. The first-order valence-corrected chi connectivity index (χ1v) is 4.65. The first-order valence-electron chi connectivity index (χ1n) is 4.65. The van der Waals surface area contributed by atoms with E-state index in [2.05, 4.69) is 5.48 Å². The molecular formula is C10H11F4NO. The summed E-state index contributed by atoms with van der Waals surface area (Å²) in [4.78, 5) is 4.72. The highest BCUT2D eigenvalue weighted by molar-refractivity contribution is 5.30. The average Bonchev–Trinajstić information content (AvgIpc) is 2.19. The van der Waals surface area contributed by atoms with Crippen molar-refractivity contribution >= 4 is 0 Å². The fourth-order valence-corrected chi connectivity index (χ4v) is 1.20. The topological polar surface area (TPSA) is 21.3 Å². The van der Waals surface area contributed by atoms with Crippen LogP contribution in [-0.2, 0) is 17.6 Å². The lowest BCUT2D eigenvalue weighted by atomic mass is 10.1. The Morgan fingerprint density at radius 3 is 2.56 bits per heavy atom. The van der Waals surface area contributed by atoms with Crippen LogP contribution in [0.3, 0.4) is 0 Å². The van der Waals surface area contributed by atoms with Crippen LogP contribution < -0.4 is 5.48 Å². The molecule has 0 fully saturated rings. The second kappa shape index (κ2) is 5.27. The van der Waals surface area contributed by atoms with E-state index in [4.69, 9.17) is 4.84 Å². The Morgan fingerprint density at radius 1 is 1.31 bits per heavy atom. The molecule has 16 heavy (non-hydrogen) atoms. The van der Waals surface area contributed by atoms with Gasteiger partial charge < -0.3 is 4.84 Å². The molecule has 0 aliphatic rings. The van der Waals surface area contributed by atoms with Gasteiger partial charge in [0.25, 0.3) is 0 Å². The molecule has 0 spiro atoms. The third kappa shape index (κ3) is 3.46. The number of hydroxylamine groups is 1. The van der Waals surface area contributed by atoms with Crippen LogP contribution in [-0.4, -0.2) is 6.61 Å². The van der Waals surface area contributed by atoms with Crippen molar-refractivity contribution in [1.29, 1.82) is 0 Å². The van der Waals surface area contributed by atoms with E-state index >= 15 is 0 Å². The summed E-state index contributed by atoms with van der Waals surface area (Å²) in [6.07, 6.45) is -4.56. The fourth-order valence-electron chi connectivity index (χ4n) is 1.20. The molecule has 6 heteroatoms. The van der Waals surface area contributed by atoms with Crippen LogP contribution in [0.25, 0.3) is 0 Å². The summed E-state index contributed by atoms with van der Waals surface area (Å²) in [6, 6.07) is 2.55. The van der Waals surface area contributed by atoms with Crippen molar-refractivity contribution in [2.45, 2.75) is 19.6 Å². The van der Waals surface area contributed by atoms with Crippen molar-refractivity contribution in [3.8, 4) is 0 Å². The van der Waals surface area contributed by atoms with Gasteiger partial charge in [0.1, 0.15) is 5.82 Å². The van der Waals surface area contributed by atoms with Gasteiger partial charge in [-0.2, -0.15) is 18.7 Å². The molecule has 0 aliphatic heterocycles. The molecule has 1 rings (SSSR count). The van der Waals surface area contributed by atoms with E-state index in [-0.39, 0.29) is 12.1 Å². The van der Waals surface area contributed by atoms with Crippen LogP contribution >= 0.6 is 0 Å². The minimum Gasteiger partial charge on any atom is -0.302 e. The Hall–Kier alpha value is -1.14. The average molecular weight is 237 g/mol. The standard InChI is InChI=1S/C10H11F4NO/c1-2-16-15-6-7-3-4-8(11)5-9(7)10(12,13)14/h3-5,15H,2,6H2,1H3. The molecule has 0 saturated carbocycles. The van der Waals surface area contributed by atoms with Gasteiger partial charge in [-0.25, -0.2) is 4.39 Å². The SMILES string of the molecule is CCONCc1ccc(F)cc1C(F)(F)F. The van der Waals surface area contributed by atoms with E-state index in [0.29, 0.717) is 12.7 Å². The lowest BCUT2D eigenvalue weighted by Gasteiger charge is -2.13. The molecule has 0 aliphatic carbocycles. The van der Waals surface area contributed by atoms with Gasteiger partial charge in [-0.05, 0) is 24.6 Å². The van der Waals surface area contributed by atoms with Crippen LogP contribution in [0.1, 0.15) is 18.1 Å². The largest absolute Gasteiger partial charge is 0.416 e. The molecule has 0 bridgehead atoms. The third-order valence-corrected chi connectivity index (χ3v) is 1.89. The van der Waals surface area contributed by atoms with Gasteiger partial charge in [0.2, 0.25) is 0 Å². The first-order chi connectivity index (χ1) is 7.45.